The molecule has 2 heterocycles. The van der Waals surface area contributed by atoms with Gasteiger partial charge < -0.3 is 14.1 Å². The second kappa shape index (κ2) is 6.28. The minimum atomic E-state index is 0.235. The zero-order valence-electron chi connectivity index (χ0n) is 13.1. The summed E-state index contributed by atoms with van der Waals surface area (Å²) in [5.74, 6) is 2.00. The summed E-state index contributed by atoms with van der Waals surface area (Å²) in [6.07, 6.45) is 0. The summed E-state index contributed by atoms with van der Waals surface area (Å²) in [5.41, 5.74) is 1.95. The van der Waals surface area contributed by atoms with Crippen molar-refractivity contribution in [3.63, 3.8) is 0 Å². The molecule has 6 heteroatoms. The Balaban J connectivity index is 1.62. The van der Waals surface area contributed by atoms with E-state index in [4.69, 9.17) is 9.15 Å². The largest absolute Gasteiger partial charge is 0.489 e. The average molecular weight is 386 g/mol. The van der Waals surface area contributed by atoms with Crippen LogP contribution in [0, 0.1) is 0 Å². The van der Waals surface area contributed by atoms with Crippen LogP contribution in [-0.4, -0.2) is 22.8 Å². The van der Waals surface area contributed by atoms with Crippen molar-refractivity contribution in [2.24, 2.45) is 0 Å². The Hall–Kier alpha value is -2.34. The molecule has 4 rings (SSSR count). The van der Waals surface area contributed by atoms with E-state index in [1.165, 1.54) is 0 Å². The molecule has 3 aromatic rings. The van der Waals surface area contributed by atoms with E-state index in [-0.39, 0.29) is 6.04 Å². The monoisotopic (exact) mass is 385 g/mol. The van der Waals surface area contributed by atoms with Crippen LogP contribution >= 0.6 is 15.9 Å². The topological polar surface area (TPSA) is 51.4 Å². The van der Waals surface area contributed by atoms with Crippen molar-refractivity contribution in [1.82, 2.24) is 10.2 Å². The van der Waals surface area contributed by atoms with Crippen molar-refractivity contribution in [2.75, 3.05) is 11.5 Å². The Morgan fingerprint density at radius 1 is 1.12 bits per heavy atom. The van der Waals surface area contributed by atoms with E-state index in [2.05, 4.69) is 44.0 Å². The number of benzene rings is 2. The fourth-order valence-corrected chi connectivity index (χ4v) is 3.26. The van der Waals surface area contributed by atoms with Crippen molar-refractivity contribution in [2.45, 2.75) is 19.5 Å². The first-order valence-corrected chi connectivity index (χ1v) is 8.57. The molecule has 0 fully saturated rings. The van der Waals surface area contributed by atoms with E-state index in [1.807, 2.05) is 42.5 Å². The van der Waals surface area contributed by atoms with Gasteiger partial charge in [0.15, 0.2) is 0 Å². The van der Waals surface area contributed by atoms with Gasteiger partial charge in [0.05, 0.1) is 23.8 Å². The molecule has 0 radical (unpaired) electrons. The van der Waals surface area contributed by atoms with Gasteiger partial charge in [-0.15, -0.1) is 10.2 Å². The third kappa shape index (κ3) is 2.78. The lowest BCUT2D eigenvalue weighted by molar-refractivity contribution is 0.266. The van der Waals surface area contributed by atoms with Gasteiger partial charge in [-0.05, 0) is 47.1 Å². The fourth-order valence-electron chi connectivity index (χ4n) is 2.80. The van der Waals surface area contributed by atoms with Crippen molar-refractivity contribution >= 4 is 21.6 Å². The molecule has 24 heavy (non-hydrogen) atoms. The molecule has 1 aliphatic rings. The molecule has 0 bridgehead atoms. The van der Waals surface area contributed by atoms with Crippen LogP contribution in [0.5, 0.6) is 5.75 Å². The first-order chi connectivity index (χ1) is 11.7. The standard InChI is InChI=1S/C18H16BrN3O2/c1-12-11-23-16-9-5-4-8-15(16)22(12)10-17-20-21-18(24-17)13-6-2-3-7-14(13)19/h2-9,12H,10-11H2,1H3/t12-/m0/s1. The number of nitrogens with zero attached hydrogens (tertiary/aromatic N) is 3. The summed E-state index contributed by atoms with van der Waals surface area (Å²) in [4.78, 5) is 2.23. The van der Waals surface area contributed by atoms with Gasteiger partial charge >= 0.3 is 0 Å². The maximum atomic E-state index is 5.88. The molecule has 0 saturated carbocycles. The van der Waals surface area contributed by atoms with Gasteiger partial charge in [-0.1, -0.05) is 24.3 Å². The van der Waals surface area contributed by atoms with Crippen LogP contribution < -0.4 is 9.64 Å². The highest BCUT2D eigenvalue weighted by molar-refractivity contribution is 9.10. The molecule has 0 amide bonds. The Kier molecular flexibility index (Phi) is 3.98. The minimum Gasteiger partial charge on any atom is -0.489 e. The quantitative estimate of drug-likeness (QED) is 0.672. The molecule has 0 spiro atoms. The number of ether oxygens (including phenoxy) is 1. The first-order valence-electron chi connectivity index (χ1n) is 7.78. The van der Waals surface area contributed by atoms with Crippen LogP contribution in [0.3, 0.4) is 0 Å². The molecular weight excluding hydrogens is 370 g/mol. The molecule has 1 aromatic heterocycles. The van der Waals surface area contributed by atoms with Gasteiger partial charge in [-0.2, -0.15) is 0 Å². The Morgan fingerprint density at radius 3 is 2.79 bits per heavy atom. The van der Waals surface area contributed by atoms with E-state index in [1.54, 1.807) is 0 Å². The van der Waals surface area contributed by atoms with Gasteiger partial charge in [0, 0.05) is 4.47 Å². The van der Waals surface area contributed by atoms with Gasteiger partial charge in [0.25, 0.3) is 0 Å². The van der Waals surface area contributed by atoms with E-state index < -0.39 is 0 Å². The maximum Gasteiger partial charge on any atom is 0.248 e. The van der Waals surface area contributed by atoms with E-state index in [0.29, 0.717) is 24.9 Å². The zero-order chi connectivity index (χ0) is 16.5. The Bertz CT molecular complexity index is 865. The highest BCUT2D eigenvalue weighted by Crippen LogP contribution is 2.35. The smallest absolute Gasteiger partial charge is 0.248 e. The van der Waals surface area contributed by atoms with Crippen molar-refractivity contribution < 1.29 is 9.15 Å². The van der Waals surface area contributed by atoms with E-state index in [0.717, 1.165) is 21.5 Å². The lowest BCUT2D eigenvalue weighted by Crippen LogP contribution is -2.40. The second-order valence-electron chi connectivity index (χ2n) is 5.74. The number of para-hydroxylation sites is 2. The molecule has 0 saturated heterocycles. The Labute approximate surface area is 148 Å². The second-order valence-corrected chi connectivity index (χ2v) is 6.59. The zero-order valence-corrected chi connectivity index (χ0v) is 14.7. The van der Waals surface area contributed by atoms with Crippen LogP contribution in [0.25, 0.3) is 11.5 Å². The number of rotatable bonds is 3. The molecule has 0 unspecified atom stereocenters. The van der Waals surface area contributed by atoms with E-state index in [9.17, 15) is 0 Å². The van der Waals surface area contributed by atoms with Crippen molar-refractivity contribution in [1.29, 1.82) is 0 Å². The molecule has 1 aliphatic heterocycles. The number of anilines is 1. The number of hydrogen-bond donors (Lipinski definition) is 0. The summed E-state index contributed by atoms with van der Waals surface area (Å²) in [6, 6.07) is 16.1. The molecule has 1 atom stereocenters. The third-order valence-electron chi connectivity index (χ3n) is 4.06. The van der Waals surface area contributed by atoms with Crippen molar-refractivity contribution in [3.05, 3.63) is 58.9 Å². The number of fused-ring (bicyclic) bond motifs is 1. The van der Waals surface area contributed by atoms with Crippen molar-refractivity contribution in [3.8, 4) is 17.2 Å². The normalized spacial score (nSPS) is 16.6. The fraction of sp³-hybridized carbons (Fsp3) is 0.222. The summed E-state index contributed by atoms with van der Waals surface area (Å²) in [6.45, 7) is 3.32. The lowest BCUT2D eigenvalue weighted by atomic mass is 10.1. The lowest BCUT2D eigenvalue weighted by Gasteiger charge is -2.35. The number of hydrogen-bond acceptors (Lipinski definition) is 5. The van der Waals surface area contributed by atoms with Crippen LogP contribution in [0.4, 0.5) is 5.69 Å². The summed E-state index contributed by atoms with van der Waals surface area (Å²) < 4.78 is 12.6. The van der Waals surface area contributed by atoms with Crippen LogP contribution in [0.1, 0.15) is 12.8 Å². The van der Waals surface area contributed by atoms with Gasteiger partial charge in [-0.25, -0.2) is 0 Å². The highest BCUT2D eigenvalue weighted by atomic mass is 79.9. The minimum absolute atomic E-state index is 0.235. The maximum absolute atomic E-state index is 5.88. The summed E-state index contributed by atoms with van der Waals surface area (Å²) in [5, 5.41) is 8.40. The Morgan fingerprint density at radius 2 is 1.92 bits per heavy atom. The number of aromatic nitrogens is 2. The van der Waals surface area contributed by atoms with Crippen LogP contribution in [0.2, 0.25) is 0 Å². The van der Waals surface area contributed by atoms with E-state index >= 15 is 0 Å². The van der Waals surface area contributed by atoms with Crippen LogP contribution in [0.15, 0.2) is 57.4 Å². The number of halogens is 1. The average Bonchev–Trinajstić information content (AvgIpc) is 3.06. The first kappa shape index (κ1) is 15.2. The summed E-state index contributed by atoms with van der Waals surface area (Å²) in [7, 11) is 0. The molecule has 5 nitrogen and oxygen atoms in total. The third-order valence-corrected chi connectivity index (χ3v) is 4.76. The highest BCUT2D eigenvalue weighted by Gasteiger charge is 2.26. The molecule has 0 N–H and O–H groups in total. The van der Waals surface area contributed by atoms with Gasteiger partial charge in [0.2, 0.25) is 11.8 Å². The predicted octanol–water partition coefficient (Wildman–Crippen LogP) is 4.29. The molecule has 2 aromatic carbocycles. The molecule has 0 aliphatic carbocycles. The van der Waals surface area contributed by atoms with Gasteiger partial charge in [-0.3, -0.25) is 0 Å². The predicted molar refractivity (Wildman–Crippen MR) is 95.0 cm³/mol. The van der Waals surface area contributed by atoms with Gasteiger partial charge in [0.1, 0.15) is 12.4 Å². The summed E-state index contributed by atoms with van der Waals surface area (Å²) >= 11 is 3.52. The SMILES string of the molecule is C[C@H]1COc2ccccc2N1Cc1nnc(-c2ccccc2Br)o1. The molecule has 122 valence electrons. The van der Waals surface area contributed by atoms with Crippen LogP contribution in [-0.2, 0) is 6.54 Å². The molecular formula is C18H16BrN3O2.